The minimum Gasteiger partial charge on any atom is -0.338 e. The summed E-state index contributed by atoms with van der Waals surface area (Å²) in [6.07, 6.45) is 3.39. The normalized spacial score (nSPS) is 13.8. The molecule has 3 heterocycles. The van der Waals surface area contributed by atoms with E-state index in [1.165, 1.54) is 28.9 Å². The highest BCUT2D eigenvalue weighted by atomic mass is 79.9. The van der Waals surface area contributed by atoms with Crippen molar-refractivity contribution in [3.8, 4) is 22.8 Å². The fourth-order valence-corrected chi connectivity index (χ4v) is 4.04. The van der Waals surface area contributed by atoms with Crippen LogP contribution in [0.25, 0.3) is 22.8 Å². The van der Waals surface area contributed by atoms with Crippen molar-refractivity contribution in [3.63, 3.8) is 0 Å². The molecule has 1 amide bonds. The van der Waals surface area contributed by atoms with Crippen LogP contribution < -0.4 is 4.90 Å². The number of halogens is 3. The molecular formula is C24H20BrF2N7O. The molecule has 1 saturated heterocycles. The summed E-state index contributed by atoms with van der Waals surface area (Å²) >= 11 is 3.33. The molecule has 0 spiro atoms. The maximum Gasteiger partial charge on any atom is 0.244 e. The molecule has 4 aromatic rings. The summed E-state index contributed by atoms with van der Waals surface area (Å²) in [6, 6.07) is 11.6. The van der Waals surface area contributed by atoms with E-state index in [2.05, 4.69) is 36.0 Å². The minimum atomic E-state index is -0.373. The van der Waals surface area contributed by atoms with Crippen molar-refractivity contribution in [3.05, 3.63) is 77.0 Å². The Morgan fingerprint density at radius 3 is 2.03 bits per heavy atom. The number of hydrogen-bond acceptors (Lipinski definition) is 6. The molecule has 1 fully saturated rings. The number of piperazine rings is 1. The summed E-state index contributed by atoms with van der Waals surface area (Å²) < 4.78 is 29.2. The Kier molecular flexibility index (Phi) is 6.49. The fraction of sp³-hybridized carbons (Fsp3) is 0.208. The minimum absolute atomic E-state index is 0.0321. The number of aromatic nitrogens is 5. The van der Waals surface area contributed by atoms with Crippen LogP contribution in [0.1, 0.15) is 0 Å². The smallest absolute Gasteiger partial charge is 0.244 e. The predicted molar refractivity (Wildman–Crippen MR) is 129 cm³/mol. The lowest BCUT2D eigenvalue weighted by Gasteiger charge is -2.34. The molecule has 0 N–H and O–H groups in total. The third kappa shape index (κ3) is 5.19. The van der Waals surface area contributed by atoms with E-state index in [0.29, 0.717) is 54.9 Å². The molecule has 0 aliphatic carbocycles. The maximum absolute atomic E-state index is 13.5. The van der Waals surface area contributed by atoms with Crippen LogP contribution in [0.2, 0.25) is 0 Å². The van der Waals surface area contributed by atoms with Gasteiger partial charge in [0.2, 0.25) is 11.9 Å². The van der Waals surface area contributed by atoms with Crippen molar-refractivity contribution in [2.45, 2.75) is 6.54 Å². The van der Waals surface area contributed by atoms with Crippen molar-refractivity contribution < 1.29 is 13.6 Å². The highest BCUT2D eigenvalue weighted by Gasteiger charge is 2.24. The Balaban J connectivity index is 1.34. The number of rotatable bonds is 5. The molecule has 0 radical (unpaired) electrons. The predicted octanol–water partition coefficient (Wildman–Crippen LogP) is 3.79. The van der Waals surface area contributed by atoms with Crippen LogP contribution in [0.4, 0.5) is 14.7 Å². The van der Waals surface area contributed by atoms with Gasteiger partial charge in [0.1, 0.15) is 18.2 Å². The number of nitrogens with zero attached hydrogens (tertiary/aromatic N) is 7. The van der Waals surface area contributed by atoms with Gasteiger partial charge in [-0.25, -0.2) is 28.4 Å². The summed E-state index contributed by atoms with van der Waals surface area (Å²) in [5, 5.41) is 4.52. The van der Waals surface area contributed by atoms with E-state index >= 15 is 0 Å². The molecule has 0 bridgehead atoms. The summed E-state index contributed by atoms with van der Waals surface area (Å²) in [5.74, 6) is 0.561. The average molecular weight is 540 g/mol. The Morgan fingerprint density at radius 1 is 0.857 bits per heavy atom. The quantitative estimate of drug-likeness (QED) is 0.384. The molecule has 11 heteroatoms. The van der Waals surface area contributed by atoms with E-state index in [1.54, 1.807) is 41.6 Å². The Morgan fingerprint density at radius 2 is 1.43 bits per heavy atom. The van der Waals surface area contributed by atoms with Crippen molar-refractivity contribution in [2.75, 3.05) is 31.1 Å². The highest BCUT2D eigenvalue weighted by Crippen LogP contribution is 2.23. The second-order valence-electron chi connectivity index (χ2n) is 8.00. The van der Waals surface area contributed by atoms with Crippen molar-refractivity contribution in [1.82, 2.24) is 29.6 Å². The molecule has 1 aliphatic rings. The lowest BCUT2D eigenvalue weighted by atomic mass is 10.2. The third-order valence-corrected chi connectivity index (χ3v) is 6.09. The first kappa shape index (κ1) is 23.0. The summed E-state index contributed by atoms with van der Waals surface area (Å²) in [6.45, 7) is 2.22. The first-order valence-electron chi connectivity index (χ1n) is 10.9. The monoisotopic (exact) mass is 539 g/mol. The number of amides is 1. The van der Waals surface area contributed by atoms with Crippen LogP contribution in [0.3, 0.4) is 0 Å². The van der Waals surface area contributed by atoms with Crippen LogP contribution in [-0.4, -0.2) is 61.7 Å². The van der Waals surface area contributed by atoms with Crippen molar-refractivity contribution >= 4 is 27.8 Å². The van der Waals surface area contributed by atoms with Crippen LogP contribution >= 0.6 is 15.9 Å². The molecule has 2 aromatic carbocycles. The van der Waals surface area contributed by atoms with Gasteiger partial charge in [0.15, 0.2) is 11.6 Å². The zero-order valence-corrected chi connectivity index (χ0v) is 20.1. The molecule has 5 rings (SSSR count). The van der Waals surface area contributed by atoms with E-state index in [-0.39, 0.29) is 24.1 Å². The van der Waals surface area contributed by atoms with Crippen molar-refractivity contribution in [1.29, 1.82) is 0 Å². The van der Waals surface area contributed by atoms with Gasteiger partial charge in [0.25, 0.3) is 0 Å². The molecule has 2 aromatic heterocycles. The zero-order valence-electron chi connectivity index (χ0n) is 18.5. The number of carbonyl (C=O) groups excluding carboxylic acids is 1. The van der Waals surface area contributed by atoms with Crippen LogP contribution in [-0.2, 0) is 11.3 Å². The van der Waals surface area contributed by atoms with Gasteiger partial charge < -0.3 is 9.80 Å². The van der Waals surface area contributed by atoms with E-state index in [9.17, 15) is 13.6 Å². The highest BCUT2D eigenvalue weighted by molar-refractivity contribution is 9.10. The van der Waals surface area contributed by atoms with Crippen LogP contribution in [0.15, 0.2) is 65.4 Å². The SMILES string of the molecule is O=C(Cn1nc(-c2ccc(F)cc2)nc1-c1ccc(F)cc1)N1CCN(c2ncc(Br)cn2)CC1. The average Bonchev–Trinajstić information content (AvgIpc) is 3.29. The van der Waals surface area contributed by atoms with Crippen molar-refractivity contribution in [2.24, 2.45) is 0 Å². The van der Waals surface area contributed by atoms with Gasteiger partial charge in [-0.05, 0) is 64.5 Å². The molecule has 0 saturated carbocycles. The first-order chi connectivity index (χ1) is 17.0. The second kappa shape index (κ2) is 9.87. The van der Waals surface area contributed by atoms with Gasteiger partial charge in [-0.3, -0.25) is 4.79 Å². The second-order valence-corrected chi connectivity index (χ2v) is 8.92. The molecule has 1 aliphatic heterocycles. The Bertz CT molecular complexity index is 1320. The fourth-order valence-electron chi connectivity index (χ4n) is 3.84. The van der Waals surface area contributed by atoms with Gasteiger partial charge >= 0.3 is 0 Å². The molecule has 8 nitrogen and oxygen atoms in total. The van der Waals surface area contributed by atoms with Gasteiger partial charge in [-0.1, -0.05) is 0 Å². The summed E-state index contributed by atoms with van der Waals surface area (Å²) in [4.78, 5) is 30.2. The number of anilines is 1. The van der Waals surface area contributed by atoms with Gasteiger partial charge in [-0.2, -0.15) is 0 Å². The number of carbonyl (C=O) groups is 1. The molecule has 0 unspecified atom stereocenters. The van der Waals surface area contributed by atoms with Gasteiger partial charge in [0, 0.05) is 49.7 Å². The number of benzene rings is 2. The van der Waals surface area contributed by atoms with E-state index < -0.39 is 0 Å². The number of hydrogen-bond donors (Lipinski definition) is 0. The lowest BCUT2D eigenvalue weighted by molar-refractivity contribution is -0.132. The van der Waals surface area contributed by atoms with E-state index in [0.717, 1.165) is 4.47 Å². The molecule has 0 atom stereocenters. The lowest BCUT2D eigenvalue weighted by Crippen LogP contribution is -2.50. The van der Waals surface area contributed by atoms with E-state index in [1.807, 2.05) is 4.90 Å². The topological polar surface area (TPSA) is 80.0 Å². The molecular weight excluding hydrogens is 520 g/mol. The summed E-state index contributed by atoms with van der Waals surface area (Å²) in [7, 11) is 0. The largest absolute Gasteiger partial charge is 0.338 e. The maximum atomic E-state index is 13.5. The van der Waals surface area contributed by atoms with Gasteiger partial charge in [0.05, 0.1) is 4.47 Å². The first-order valence-corrected chi connectivity index (χ1v) is 11.7. The van der Waals surface area contributed by atoms with Crippen LogP contribution in [0.5, 0.6) is 0 Å². The zero-order chi connectivity index (χ0) is 24.4. The molecule has 178 valence electrons. The standard InChI is InChI=1S/C24H20BrF2N7O/c25-18-13-28-24(29-14-18)33-11-9-32(10-12-33)21(35)15-34-23(17-3-7-20(27)8-4-17)30-22(31-34)16-1-5-19(26)6-2-16/h1-8,13-14H,9-12,15H2. The molecule has 35 heavy (non-hydrogen) atoms. The summed E-state index contributed by atoms with van der Waals surface area (Å²) in [5.41, 5.74) is 1.24. The third-order valence-electron chi connectivity index (χ3n) is 5.68. The van der Waals surface area contributed by atoms with E-state index in [4.69, 9.17) is 0 Å². The Labute approximate surface area is 208 Å². The Hall–Kier alpha value is -3.73. The van der Waals surface area contributed by atoms with Gasteiger partial charge in [-0.15, -0.1) is 5.10 Å². The van der Waals surface area contributed by atoms with Crippen LogP contribution in [0, 0.1) is 11.6 Å².